The molecule has 138 valence electrons. The van der Waals surface area contributed by atoms with Crippen molar-refractivity contribution in [3.05, 3.63) is 32.9 Å². The third kappa shape index (κ3) is 4.15. The van der Waals surface area contributed by atoms with E-state index in [9.17, 15) is 18.0 Å². The molecular formula is C14H8Cl3F3N4O2. The topological polar surface area (TPSA) is 79.9 Å². The number of rotatable bonds is 4. The molecule has 0 bridgehead atoms. The maximum atomic E-state index is 12.4. The van der Waals surface area contributed by atoms with Crippen LogP contribution in [0.4, 0.5) is 19.0 Å². The van der Waals surface area contributed by atoms with E-state index in [1.54, 1.807) is 6.92 Å². The van der Waals surface area contributed by atoms with Crippen LogP contribution >= 0.6 is 34.8 Å². The van der Waals surface area contributed by atoms with Crippen LogP contribution < -0.4 is 10.1 Å². The van der Waals surface area contributed by atoms with Crippen molar-refractivity contribution in [2.45, 2.75) is 19.7 Å². The van der Waals surface area contributed by atoms with Gasteiger partial charge in [0.05, 0.1) is 16.2 Å². The van der Waals surface area contributed by atoms with Crippen LogP contribution in [0.5, 0.6) is 5.75 Å². The van der Waals surface area contributed by atoms with Gasteiger partial charge in [0, 0.05) is 12.5 Å². The Labute approximate surface area is 160 Å². The van der Waals surface area contributed by atoms with Crippen molar-refractivity contribution in [1.82, 2.24) is 9.78 Å². The summed E-state index contributed by atoms with van der Waals surface area (Å²) in [5.74, 6) is -1.29. The van der Waals surface area contributed by atoms with E-state index in [2.05, 4.69) is 15.2 Å². The van der Waals surface area contributed by atoms with Gasteiger partial charge in [-0.15, -0.1) is 13.2 Å². The minimum atomic E-state index is -5.00. The van der Waals surface area contributed by atoms with Crippen molar-refractivity contribution >= 4 is 46.5 Å². The number of anilines is 1. The first-order chi connectivity index (χ1) is 12.1. The molecule has 2 rings (SSSR count). The van der Waals surface area contributed by atoms with E-state index in [0.717, 1.165) is 16.9 Å². The standard InChI is InChI=1S/C14H8Cl3F3N4O2/c1-2-9(25)23-13-6(4-21)5-22-24(13)12-7(15)3-8(10(16)11(12)17)26-14(18,19)20/h3,5H,2H2,1H3,(H,23,25). The number of ether oxygens (including phenoxy) is 1. The smallest absolute Gasteiger partial charge is 0.404 e. The number of benzene rings is 1. The number of halogens is 6. The second-order valence-electron chi connectivity index (χ2n) is 4.71. The number of aromatic nitrogens is 2. The van der Waals surface area contributed by atoms with Gasteiger partial charge in [-0.1, -0.05) is 41.7 Å². The largest absolute Gasteiger partial charge is 0.573 e. The summed E-state index contributed by atoms with van der Waals surface area (Å²) in [6, 6.07) is 2.62. The number of hydrogen-bond donors (Lipinski definition) is 1. The Kier molecular flexibility index (Phi) is 5.91. The summed E-state index contributed by atoms with van der Waals surface area (Å²) in [4.78, 5) is 11.7. The third-order valence-corrected chi connectivity index (χ3v) is 4.14. The van der Waals surface area contributed by atoms with E-state index in [0.29, 0.717) is 0 Å². The molecule has 0 aliphatic carbocycles. The first-order valence-corrected chi connectivity index (χ1v) is 7.94. The number of nitriles is 1. The molecule has 0 spiro atoms. The van der Waals surface area contributed by atoms with Gasteiger partial charge in [-0.3, -0.25) is 4.79 Å². The van der Waals surface area contributed by atoms with Crippen molar-refractivity contribution in [1.29, 1.82) is 5.26 Å². The molecule has 2 aromatic rings. The number of amides is 1. The molecule has 0 aliphatic rings. The Hall–Kier alpha value is -2.15. The van der Waals surface area contributed by atoms with Gasteiger partial charge in [0.25, 0.3) is 0 Å². The molecule has 6 nitrogen and oxygen atoms in total. The summed E-state index contributed by atoms with van der Waals surface area (Å²) in [6.45, 7) is 1.59. The zero-order chi connectivity index (χ0) is 19.6. The van der Waals surface area contributed by atoms with Gasteiger partial charge >= 0.3 is 6.36 Å². The van der Waals surface area contributed by atoms with E-state index in [-0.39, 0.29) is 28.5 Å². The lowest BCUT2D eigenvalue weighted by Gasteiger charge is -2.16. The summed E-state index contributed by atoms with van der Waals surface area (Å²) >= 11 is 17.9. The Morgan fingerprint density at radius 1 is 1.38 bits per heavy atom. The van der Waals surface area contributed by atoms with Crippen molar-refractivity contribution in [2.24, 2.45) is 0 Å². The fourth-order valence-corrected chi connectivity index (χ4v) is 2.68. The Morgan fingerprint density at radius 2 is 2.04 bits per heavy atom. The summed E-state index contributed by atoms with van der Waals surface area (Å²) in [6.07, 6.45) is -3.76. The second kappa shape index (κ2) is 7.61. The Morgan fingerprint density at radius 3 is 2.58 bits per heavy atom. The van der Waals surface area contributed by atoms with Gasteiger partial charge in [-0.25, -0.2) is 4.68 Å². The van der Waals surface area contributed by atoms with Gasteiger partial charge < -0.3 is 10.1 Å². The molecule has 1 aromatic carbocycles. The van der Waals surface area contributed by atoms with Crippen LogP contribution in [0.3, 0.4) is 0 Å². The molecular weight excluding hydrogens is 420 g/mol. The quantitative estimate of drug-likeness (QED) is 0.700. The molecule has 12 heteroatoms. The molecule has 1 heterocycles. The Balaban J connectivity index is 2.64. The van der Waals surface area contributed by atoms with Crippen LogP contribution in [0.25, 0.3) is 5.69 Å². The number of nitrogens with one attached hydrogen (secondary N) is 1. The van der Waals surface area contributed by atoms with Crippen LogP contribution in [0.1, 0.15) is 18.9 Å². The summed E-state index contributed by atoms with van der Waals surface area (Å²) in [5, 5.41) is 14.2. The van der Waals surface area contributed by atoms with E-state index in [4.69, 9.17) is 40.1 Å². The van der Waals surface area contributed by atoms with E-state index in [1.165, 1.54) is 0 Å². The van der Waals surface area contributed by atoms with Crippen molar-refractivity contribution in [2.75, 3.05) is 5.32 Å². The molecule has 0 saturated heterocycles. The molecule has 0 atom stereocenters. The molecule has 1 N–H and O–H groups in total. The lowest BCUT2D eigenvalue weighted by Crippen LogP contribution is -2.18. The van der Waals surface area contributed by atoms with Crippen LogP contribution in [-0.4, -0.2) is 22.1 Å². The summed E-state index contributed by atoms with van der Waals surface area (Å²) < 4.78 is 42.1. The number of hydrogen-bond acceptors (Lipinski definition) is 4. The minimum Gasteiger partial charge on any atom is -0.404 e. The van der Waals surface area contributed by atoms with Crippen LogP contribution in [0, 0.1) is 11.3 Å². The fraction of sp³-hybridized carbons (Fsp3) is 0.214. The first-order valence-electron chi connectivity index (χ1n) is 6.80. The van der Waals surface area contributed by atoms with Gasteiger partial charge in [-0.2, -0.15) is 10.4 Å². The monoisotopic (exact) mass is 426 g/mol. The van der Waals surface area contributed by atoms with Crippen molar-refractivity contribution < 1.29 is 22.7 Å². The lowest BCUT2D eigenvalue weighted by molar-refractivity contribution is -0.274. The van der Waals surface area contributed by atoms with E-state index >= 15 is 0 Å². The average Bonchev–Trinajstić information content (AvgIpc) is 2.93. The van der Waals surface area contributed by atoms with Crippen LogP contribution in [-0.2, 0) is 4.79 Å². The predicted octanol–water partition coefficient (Wildman–Crippen LogP) is 4.95. The van der Waals surface area contributed by atoms with Gasteiger partial charge in [-0.05, 0) is 0 Å². The van der Waals surface area contributed by atoms with Crippen molar-refractivity contribution in [3.63, 3.8) is 0 Å². The van der Waals surface area contributed by atoms with Gasteiger partial charge in [0.2, 0.25) is 5.91 Å². The maximum Gasteiger partial charge on any atom is 0.573 e. The molecule has 0 fully saturated rings. The molecule has 0 unspecified atom stereocenters. The molecule has 1 aromatic heterocycles. The highest BCUT2D eigenvalue weighted by atomic mass is 35.5. The number of carbonyl (C=O) groups is 1. The van der Waals surface area contributed by atoms with E-state index in [1.807, 2.05) is 6.07 Å². The summed E-state index contributed by atoms with van der Waals surface area (Å²) in [5.41, 5.74) is -0.133. The minimum absolute atomic E-state index is 0.00864. The third-order valence-electron chi connectivity index (χ3n) is 3.01. The molecule has 26 heavy (non-hydrogen) atoms. The Bertz CT molecular complexity index is 906. The second-order valence-corrected chi connectivity index (χ2v) is 5.88. The molecule has 0 aliphatic heterocycles. The maximum absolute atomic E-state index is 12.4. The van der Waals surface area contributed by atoms with Gasteiger partial charge in [0.15, 0.2) is 11.6 Å². The van der Waals surface area contributed by atoms with Crippen LogP contribution in [0.15, 0.2) is 12.3 Å². The van der Waals surface area contributed by atoms with Crippen molar-refractivity contribution in [3.8, 4) is 17.5 Å². The fourth-order valence-electron chi connectivity index (χ4n) is 1.90. The normalized spacial score (nSPS) is 11.2. The zero-order valence-corrected chi connectivity index (χ0v) is 15.1. The highest BCUT2D eigenvalue weighted by Crippen LogP contribution is 2.43. The van der Waals surface area contributed by atoms with E-state index < -0.39 is 28.1 Å². The highest BCUT2D eigenvalue weighted by Gasteiger charge is 2.33. The lowest BCUT2D eigenvalue weighted by atomic mass is 10.2. The number of alkyl halides is 3. The predicted molar refractivity (Wildman–Crippen MR) is 88.9 cm³/mol. The average molecular weight is 428 g/mol. The number of nitrogens with zero attached hydrogens (tertiary/aromatic N) is 3. The summed E-state index contributed by atoms with van der Waals surface area (Å²) in [7, 11) is 0. The van der Waals surface area contributed by atoms with Crippen LogP contribution in [0.2, 0.25) is 15.1 Å². The number of carbonyl (C=O) groups excluding carboxylic acids is 1. The highest BCUT2D eigenvalue weighted by molar-refractivity contribution is 6.46. The molecule has 0 radical (unpaired) electrons. The molecule has 1 amide bonds. The molecule has 0 saturated carbocycles. The zero-order valence-electron chi connectivity index (χ0n) is 12.8. The first kappa shape index (κ1) is 20.2. The van der Waals surface area contributed by atoms with Gasteiger partial charge in [0.1, 0.15) is 22.3 Å². The SMILES string of the molecule is CCC(=O)Nc1c(C#N)cnn1-c1c(Cl)cc(OC(F)(F)F)c(Cl)c1Cl.